The van der Waals surface area contributed by atoms with E-state index in [0.717, 1.165) is 0 Å². The van der Waals surface area contributed by atoms with E-state index in [2.05, 4.69) is 12.6 Å². The molecule has 5 nitrogen and oxygen atoms in total. The number of carbonyl (C=O) groups excluding carboxylic acids is 1. The van der Waals surface area contributed by atoms with E-state index in [-0.39, 0.29) is 23.2 Å². The van der Waals surface area contributed by atoms with Crippen molar-refractivity contribution >= 4 is 5.97 Å². The Hall–Kier alpha value is -1.38. The number of nitrogens with zero attached hydrogens (tertiary/aromatic N) is 2. The molecule has 0 aromatic heterocycles. The van der Waals surface area contributed by atoms with Crippen molar-refractivity contribution in [1.29, 1.82) is 5.26 Å². The second-order valence-corrected chi connectivity index (χ2v) is 7.92. The second-order valence-electron chi connectivity index (χ2n) is 7.92. The van der Waals surface area contributed by atoms with E-state index >= 15 is 0 Å². The minimum absolute atomic E-state index is 0.195. The van der Waals surface area contributed by atoms with Gasteiger partial charge in [0, 0.05) is 29.5 Å². The highest BCUT2D eigenvalue weighted by Gasteiger charge is 2.50. The molecular formula is C18H30N2O3. The molecule has 1 heterocycles. The predicted octanol–water partition coefficient (Wildman–Crippen LogP) is 3.75. The third-order valence-electron chi connectivity index (χ3n) is 4.38. The van der Waals surface area contributed by atoms with E-state index in [1.807, 2.05) is 39.7 Å². The van der Waals surface area contributed by atoms with Crippen molar-refractivity contribution in [3.8, 4) is 6.07 Å². The first-order valence-corrected chi connectivity index (χ1v) is 8.14. The van der Waals surface area contributed by atoms with Crippen molar-refractivity contribution in [2.24, 2.45) is 0 Å². The van der Waals surface area contributed by atoms with Gasteiger partial charge in [0.25, 0.3) is 0 Å². The van der Waals surface area contributed by atoms with Gasteiger partial charge in [0.2, 0.25) is 0 Å². The highest BCUT2D eigenvalue weighted by Crippen LogP contribution is 2.41. The van der Waals surface area contributed by atoms with E-state index in [1.165, 1.54) is 0 Å². The fraction of sp³-hybridized carbons (Fsp3) is 0.778. The van der Waals surface area contributed by atoms with Crippen molar-refractivity contribution in [3.63, 3.8) is 0 Å². The smallest absolute Gasteiger partial charge is 0.333 e. The van der Waals surface area contributed by atoms with E-state index in [0.29, 0.717) is 24.8 Å². The van der Waals surface area contributed by atoms with Crippen molar-refractivity contribution in [1.82, 2.24) is 5.06 Å². The van der Waals surface area contributed by atoms with Gasteiger partial charge in [0.05, 0.1) is 6.07 Å². The number of ether oxygens (including phenoxy) is 1. The van der Waals surface area contributed by atoms with Crippen LogP contribution in [0.25, 0.3) is 0 Å². The third kappa shape index (κ3) is 4.55. The van der Waals surface area contributed by atoms with Crippen LogP contribution in [0.2, 0.25) is 0 Å². The Labute approximate surface area is 140 Å². The summed E-state index contributed by atoms with van der Waals surface area (Å²) in [5.41, 5.74) is -1.19. The van der Waals surface area contributed by atoms with E-state index in [1.54, 1.807) is 13.8 Å². The first kappa shape index (κ1) is 19.7. The number of hydroxylamine groups is 2. The molecule has 1 aliphatic heterocycles. The van der Waals surface area contributed by atoms with Gasteiger partial charge in [0.15, 0.2) is 5.60 Å². The standard InChI is InChI=1S/C18H30N2O3/c1-9-18(8,12-19)23-20-16(4,5)10-14(11-17(20,6)7)22-15(21)13(2)3/h14H,2,9-11H2,1,3-8H3. The minimum atomic E-state index is -0.865. The van der Waals surface area contributed by atoms with Gasteiger partial charge in [-0.1, -0.05) is 13.5 Å². The summed E-state index contributed by atoms with van der Waals surface area (Å²) in [4.78, 5) is 17.9. The van der Waals surface area contributed by atoms with E-state index in [4.69, 9.17) is 9.57 Å². The van der Waals surface area contributed by atoms with Gasteiger partial charge in [-0.25, -0.2) is 4.79 Å². The largest absolute Gasteiger partial charge is 0.459 e. The molecule has 0 amide bonds. The van der Waals surface area contributed by atoms with Gasteiger partial charge in [-0.15, -0.1) is 0 Å². The molecule has 0 saturated carbocycles. The molecule has 0 spiro atoms. The summed E-state index contributed by atoms with van der Waals surface area (Å²) < 4.78 is 5.57. The molecule has 1 atom stereocenters. The van der Waals surface area contributed by atoms with Crippen LogP contribution in [-0.4, -0.2) is 33.8 Å². The lowest BCUT2D eigenvalue weighted by atomic mass is 9.80. The molecule has 0 N–H and O–H groups in total. The van der Waals surface area contributed by atoms with Crippen LogP contribution in [0, 0.1) is 11.3 Å². The summed E-state index contributed by atoms with van der Waals surface area (Å²) in [5, 5.41) is 11.3. The van der Waals surface area contributed by atoms with Crippen molar-refractivity contribution in [3.05, 3.63) is 12.2 Å². The third-order valence-corrected chi connectivity index (χ3v) is 4.38. The normalized spacial score (nSPS) is 23.6. The molecule has 1 rings (SSSR count). The van der Waals surface area contributed by atoms with Crippen LogP contribution in [0.3, 0.4) is 0 Å². The van der Waals surface area contributed by atoms with Crippen LogP contribution < -0.4 is 0 Å². The van der Waals surface area contributed by atoms with Crippen molar-refractivity contribution in [2.45, 2.75) is 90.5 Å². The summed E-state index contributed by atoms with van der Waals surface area (Å²) in [6, 6.07) is 2.25. The summed E-state index contributed by atoms with van der Waals surface area (Å²) in [6.45, 7) is 17.2. The summed E-state index contributed by atoms with van der Waals surface area (Å²) >= 11 is 0. The molecule has 23 heavy (non-hydrogen) atoms. The number of nitriles is 1. The number of rotatable bonds is 5. The maximum Gasteiger partial charge on any atom is 0.333 e. The summed E-state index contributed by atoms with van der Waals surface area (Å²) in [5.74, 6) is -0.355. The van der Waals surface area contributed by atoms with Gasteiger partial charge < -0.3 is 4.74 Å². The number of piperidine rings is 1. The van der Waals surface area contributed by atoms with Crippen molar-refractivity contribution in [2.75, 3.05) is 0 Å². The molecule has 1 aliphatic rings. The maximum atomic E-state index is 11.8. The SMILES string of the molecule is C=C(C)C(=O)OC1CC(C)(C)N(OC(C)(C#N)CC)C(C)(C)C1. The fourth-order valence-electron chi connectivity index (χ4n) is 3.12. The molecule has 1 saturated heterocycles. The summed E-state index contributed by atoms with van der Waals surface area (Å²) in [7, 11) is 0. The molecule has 1 fully saturated rings. The van der Waals surface area contributed by atoms with Crippen LogP contribution >= 0.6 is 0 Å². The highest BCUT2D eigenvalue weighted by atomic mass is 16.7. The monoisotopic (exact) mass is 322 g/mol. The zero-order valence-corrected chi connectivity index (χ0v) is 15.5. The quantitative estimate of drug-likeness (QED) is 0.570. The molecule has 5 heteroatoms. The van der Waals surface area contributed by atoms with Crippen LogP contribution in [-0.2, 0) is 14.4 Å². The Bertz CT molecular complexity index is 501. The first-order chi connectivity index (χ1) is 10.4. The average Bonchev–Trinajstić information content (AvgIpc) is 2.41. The topological polar surface area (TPSA) is 62.6 Å². The van der Waals surface area contributed by atoms with Gasteiger partial charge in [-0.05, 0) is 48.0 Å². The second kappa shape index (κ2) is 6.62. The molecule has 0 radical (unpaired) electrons. The van der Waals surface area contributed by atoms with Crippen LogP contribution in [0.4, 0.5) is 0 Å². The molecular weight excluding hydrogens is 292 g/mol. The van der Waals surface area contributed by atoms with Gasteiger partial charge >= 0.3 is 5.97 Å². The average molecular weight is 322 g/mol. The molecule has 0 aliphatic carbocycles. The van der Waals surface area contributed by atoms with E-state index < -0.39 is 5.60 Å². The molecule has 0 aromatic carbocycles. The lowest BCUT2D eigenvalue weighted by molar-refractivity contribution is -0.328. The van der Waals surface area contributed by atoms with Crippen molar-refractivity contribution < 1.29 is 14.4 Å². The zero-order chi connectivity index (χ0) is 18.1. The number of hydrogen-bond acceptors (Lipinski definition) is 5. The zero-order valence-electron chi connectivity index (χ0n) is 15.5. The molecule has 1 unspecified atom stereocenters. The fourth-order valence-corrected chi connectivity index (χ4v) is 3.12. The first-order valence-electron chi connectivity index (χ1n) is 8.14. The number of hydrogen-bond donors (Lipinski definition) is 0. The van der Waals surface area contributed by atoms with Crippen LogP contribution in [0.1, 0.15) is 67.7 Å². The van der Waals surface area contributed by atoms with Gasteiger partial charge in [-0.3, -0.25) is 4.84 Å². The minimum Gasteiger partial charge on any atom is -0.459 e. The Morgan fingerprint density at radius 3 is 2.17 bits per heavy atom. The lowest BCUT2D eigenvalue weighted by Crippen LogP contribution is -2.64. The molecule has 0 bridgehead atoms. The van der Waals surface area contributed by atoms with Gasteiger partial charge in [0.1, 0.15) is 6.10 Å². The Morgan fingerprint density at radius 2 is 1.83 bits per heavy atom. The number of carbonyl (C=O) groups is 1. The Morgan fingerprint density at radius 1 is 1.35 bits per heavy atom. The lowest BCUT2D eigenvalue weighted by Gasteiger charge is -2.54. The highest BCUT2D eigenvalue weighted by molar-refractivity contribution is 5.87. The van der Waals surface area contributed by atoms with Gasteiger partial charge in [-0.2, -0.15) is 10.3 Å². The van der Waals surface area contributed by atoms with Crippen LogP contribution in [0.5, 0.6) is 0 Å². The Kier molecular flexibility index (Phi) is 5.66. The maximum absolute atomic E-state index is 11.8. The van der Waals surface area contributed by atoms with E-state index in [9.17, 15) is 10.1 Å². The number of esters is 1. The van der Waals surface area contributed by atoms with Crippen LogP contribution in [0.15, 0.2) is 12.2 Å². The molecule has 0 aromatic rings. The molecule has 130 valence electrons. The Balaban J connectivity index is 2.99. The summed E-state index contributed by atoms with van der Waals surface area (Å²) in [6.07, 6.45) is 1.68. The predicted molar refractivity (Wildman–Crippen MR) is 89.3 cm³/mol.